The summed E-state index contributed by atoms with van der Waals surface area (Å²) >= 11 is 0. The van der Waals surface area contributed by atoms with Gasteiger partial charge in [-0.05, 0) is 18.3 Å². The molecule has 3 heteroatoms. The number of carbonyl (C=O) groups is 1. The second-order valence-electron chi connectivity index (χ2n) is 5.66. The first-order chi connectivity index (χ1) is 7.49. The van der Waals surface area contributed by atoms with Gasteiger partial charge in [0, 0.05) is 32.1 Å². The maximum Gasteiger partial charge on any atom is 0.222 e. The van der Waals surface area contributed by atoms with Crippen molar-refractivity contribution >= 4 is 5.91 Å². The molecule has 0 saturated carbocycles. The second kappa shape index (κ2) is 6.24. The first kappa shape index (κ1) is 13.5. The molecule has 1 unspecified atom stereocenters. The average molecular weight is 226 g/mol. The largest absolute Gasteiger partial charge is 0.342 e. The molecule has 0 aromatic carbocycles. The predicted octanol–water partition coefficient (Wildman–Crippen LogP) is 1.88. The van der Waals surface area contributed by atoms with E-state index in [1.54, 1.807) is 0 Å². The highest BCUT2D eigenvalue weighted by Gasteiger charge is 2.28. The van der Waals surface area contributed by atoms with E-state index in [4.69, 9.17) is 0 Å². The lowest BCUT2D eigenvalue weighted by Crippen LogP contribution is -2.31. The van der Waals surface area contributed by atoms with E-state index >= 15 is 0 Å². The van der Waals surface area contributed by atoms with Crippen molar-refractivity contribution in [3.05, 3.63) is 0 Å². The molecule has 0 aromatic heterocycles. The number of nitrogens with zero attached hydrogens (tertiary/aromatic N) is 1. The zero-order chi connectivity index (χ0) is 12.1. The Balaban J connectivity index is 2.27. The standard InChI is InChI=1S/C13H26N2O/c1-10(2)5-6-15-9-12(7-13(15)16)8-14-11(3)4/h10-12,14H,5-9H2,1-4H3. The van der Waals surface area contributed by atoms with Gasteiger partial charge in [-0.2, -0.15) is 0 Å². The van der Waals surface area contributed by atoms with Crippen molar-refractivity contribution in [3.63, 3.8) is 0 Å². The lowest BCUT2D eigenvalue weighted by atomic mass is 10.1. The molecule has 1 saturated heterocycles. The van der Waals surface area contributed by atoms with Gasteiger partial charge in [0.2, 0.25) is 5.91 Å². The molecule has 1 heterocycles. The summed E-state index contributed by atoms with van der Waals surface area (Å²) in [6.45, 7) is 11.6. The summed E-state index contributed by atoms with van der Waals surface area (Å²) < 4.78 is 0. The van der Waals surface area contributed by atoms with Crippen molar-refractivity contribution in [2.75, 3.05) is 19.6 Å². The molecule has 0 aromatic rings. The SMILES string of the molecule is CC(C)CCN1CC(CNC(C)C)CC1=O. The Kier molecular flexibility index (Phi) is 5.26. The van der Waals surface area contributed by atoms with Crippen LogP contribution in [0.5, 0.6) is 0 Å². The maximum atomic E-state index is 11.7. The highest BCUT2D eigenvalue weighted by molar-refractivity contribution is 5.78. The molecule has 16 heavy (non-hydrogen) atoms. The molecule has 0 bridgehead atoms. The number of likely N-dealkylation sites (tertiary alicyclic amines) is 1. The Morgan fingerprint density at radius 1 is 1.38 bits per heavy atom. The molecule has 1 fully saturated rings. The number of rotatable bonds is 6. The van der Waals surface area contributed by atoms with Gasteiger partial charge in [0.1, 0.15) is 0 Å². The zero-order valence-electron chi connectivity index (χ0n) is 11.1. The van der Waals surface area contributed by atoms with Crippen LogP contribution in [-0.2, 0) is 4.79 Å². The van der Waals surface area contributed by atoms with Crippen molar-refractivity contribution in [2.45, 2.75) is 46.6 Å². The molecule has 1 N–H and O–H groups in total. The van der Waals surface area contributed by atoms with Crippen LogP contribution >= 0.6 is 0 Å². The second-order valence-corrected chi connectivity index (χ2v) is 5.66. The number of amides is 1. The number of hydrogen-bond donors (Lipinski definition) is 1. The van der Waals surface area contributed by atoms with Gasteiger partial charge in [-0.25, -0.2) is 0 Å². The Bertz CT molecular complexity index is 226. The van der Waals surface area contributed by atoms with Gasteiger partial charge >= 0.3 is 0 Å². The monoisotopic (exact) mass is 226 g/mol. The lowest BCUT2D eigenvalue weighted by Gasteiger charge is -2.18. The van der Waals surface area contributed by atoms with E-state index in [1.165, 1.54) is 0 Å². The van der Waals surface area contributed by atoms with Gasteiger partial charge in [-0.3, -0.25) is 4.79 Å². The smallest absolute Gasteiger partial charge is 0.222 e. The van der Waals surface area contributed by atoms with Crippen LogP contribution in [0.1, 0.15) is 40.5 Å². The van der Waals surface area contributed by atoms with Crippen LogP contribution in [0.3, 0.4) is 0 Å². The van der Waals surface area contributed by atoms with Gasteiger partial charge in [0.05, 0.1) is 0 Å². The molecule has 1 rings (SSSR count). The van der Waals surface area contributed by atoms with E-state index in [1.807, 2.05) is 4.90 Å². The Labute approximate surface area is 99.6 Å². The van der Waals surface area contributed by atoms with Crippen LogP contribution < -0.4 is 5.32 Å². The van der Waals surface area contributed by atoms with E-state index in [-0.39, 0.29) is 0 Å². The molecule has 1 aliphatic rings. The van der Waals surface area contributed by atoms with E-state index < -0.39 is 0 Å². The summed E-state index contributed by atoms with van der Waals surface area (Å²) in [6, 6.07) is 0.514. The minimum atomic E-state index is 0.344. The summed E-state index contributed by atoms with van der Waals surface area (Å²) in [5.41, 5.74) is 0. The third-order valence-electron chi connectivity index (χ3n) is 3.09. The highest BCUT2D eigenvalue weighted by atomic mass is 16.2. The molecular formula is C13H26N2O. The Hall–Kier alpha value is -0.570. The summed E-state index contributed by atoms with van der Waals surface area (Å²) in [6.07, 6.45) is 1.86. The van der Waals surface area contributed by atoms with Gasteiger partial charge < -0.3 is 10.2 Å². The molecule has 94 valence electrons. The lowest BCUT2D eigenvalue weighted by molar-refractivity contribution is -0.127. The van der Waals surface area contributed by atoms with Gasteiger partial charge in [0.15, 0.2) is 0 Å². The fourth-order valence-corrected chi connectivity index (χ4v) is 2.02. The van der Waals surface area contributed by atoms with E-state index in [0.717, 1.165) is 32.5 Å². The van der Waals surface area contributed by atoms with Gasteiger partial charge in [0.25, 0.3) is 0 Å². The molecule has 0 aliphatic carbocycles. The van der Waals surface area contributed by atoms with Crippen LogP contribution in [-0.4, -0.2) is 36.5 Å². The molecule has 3 nitrogen and oxygen atoms in total. The van der Waals surface area contributed by atoms with Crippen molar-refractivity contribution in [1.82, 2.24) is 10.2 Å². The highest BCUT2D eigenvalue weighted by Crippen LogP contribution is 2.18. The summed E-state index contributed by atoms with van der Waals surface area (Å²) in [5, 5.41) is 3.41. The third-order valence-corrected chi connectivity index (χ3v) is 3.09. The van der Waals surface area contributed by atoms with Gasteiger partial charge in [-0.15, -0.1) is 0 Å². The molecular weight excluding hydrogens is 200 g/mol. The number of carbonyl (C=O) groups excluding carboxylic acids is 1. The Morgan fingerprint density at radius 3 is 2.62 bits per heavy atom. The first-order valence-electron chi connectivity index (χ1n) is 6.50. The van der Waals surface area contributed by atoms with E-state index in [2.05, 4.69) is 33.0 Å². The fourth-order valence-electron chi connectivity index (χ4n) is 2.02. The van der Waals surface area contributed by atoms with Crippen molar-refractivity contribution in [2.24, 2.45) is 11.8 Å². The Morgan fingerprint density at radius 2 is 2.06 bits per heavy atom. The van der Waals surface area contributed by atoms with Crippen molar-refractivity contribution in [1.29, 1.82) is 0 Å². The molecule has 0 radical (unpaired) electrons. The van der Waals surface area contributed by atoms with Crippen molar-refractivity contribution in [3.8, 4) is 0 Å². The molecule has 1 atom stereocenters. The van der Waals surface area contributed by atoms with E-state index in [9.17, 15) is 4.79 Å². The molecule has 1 aliphatic heterocycles. The minimum absolute atomic E-state index is 0.344. The topological polar surface area (TPSA) is 32.3 Å². The van der Waals surface area contributed by atoms with Crippen LogP contribution in [0, 0.1) is 11.8 Å². The summed E-state index contributed by atoms with van der Waals surface area (Å²) in [7, 11) is 0. The molecule has 0 spiro atoms. The minimum Gasteiger partial charge on any atom is -0.342 e. The van der Waals surface area contributed by atoms with Crippen LogP contribution in [0.2, 0.25) is 0 Å². The normalized spacial score (nSPS) is 21.5. The van der Waals surface area contributed by atoms with Crippen LogP contribution in [0.4, 0.5) is 0 Å². The third kappa shape index (κ3) is 4.52. The zero-order valence-corrected chi connectivity index (χ0v) is 11.1. The summed E-state index contributed by atoms with van der Waals surface area (Å²) in [4.78, 5) is 13.8. The van der Waals surface area contributed by atoms with Crippen LogP contribution in [0.15, 0.2) is 0 Å². The fraction of sp³-hybridized carbons (Fsp3) is 0.923. The molecule has 1 amide bonds. The summed E-state index contributed by atoms with van der Waals surface area (Å²) in [5.74, 6) is 1.54. The van der Waals surface area contributed by atoms with Gasteiger partial charge in [-0.1, -0.05) is 27.7 Å². The first-order valence-corrected chi connectivity index (χ1v) is 6.50. The van der Waals surface area contributed by atoms with Crippen LogP contribution in [0.25, 0.3) is 0 Å². The maximum absolute atomic E-state index is 11.7. The predicted molar refractivity (Wildman–Crippen MR) is 67.3 cm³/mol. The number of hydrogen-bond acceptors (Lipinski definition) is 2. The van der Waals surface area contributed by atoms with Crippen molar-refractivity contribution < 1.29 is 4.79 Å². The number of nitrogens with one attached hydrogen (secondary N) is 1. The van der Waals surface area contributed by atoms with E-state index in [0.29, 0.717) is 23.8 Å². The quantitative estimate of drug-likeness (QED) is 0.750. The average Bonchev–Trinajstić information content (AvgIpc) is 2.53.